The number of nitrogens with zero attached hydrogens (tertiary/aromatic N) is 3. The van der Waals surface area contributed by atoms with E-state index in [1.807, 2.05) is 67.7 Å². The number of aromatic nitrogens is 1. The van der Waals surface area contributed by atoms with Crippen molar-refractivity contribution < 1.29 is 14.6 Å². The first kappa shape index (κ1) is 20.3. The molecule has 1 saturated heterocycles. The van der Waals surface area contributed by atoms with E-state index in [1.54, 1.807) is 11.1 Å². The predicted molar refractivity (Wildman–Crippen MR) is 116 cm³/mol. The predicted octanol–water partition coefficient (Wildman–Crippen LogP) is 2.88. The summed E-state index contributed by atoms with van der Waals surface area (Å²) in [5, 5.41) is 10.8. The molecule has 6 nitrogen and oxygen atoms in total. The number of hydrogen-bond acceptors (Lipinski definition) is 5. The van der Waals surface area contributed by atoms with Crippen LogP contribution in [0, 0.1) is 0 Å². The van der Waals surface area contributed by atoms with Gasteiger partial charge in [-0.25, -0.2) is 0 Å². The molecule has 0 saturated carbocycles. The van der Waals surface area contributed by atoms with E-state index in [2.05, 4.69) is 9.88 Å². The molecule has 3 aromatic rings. The lowest BCUT2D eigenvalue weighted by atomic mass is 10.0. The van der Waals surface area contributed by atoms with Crippen molar-refractivity contribution in [3.63, 3.8) is 0 Å². The van der Waals surface area contributed by atoms with Crippen LogP contribution in [-0.2, 0) is 4.79 Å². The zero-order valence-electron chi connectivity index (χ0n) is 17.1. The van der Waals surface area contributed by atoms with Crippen molar-refractivity contribution in [1.29, 1.82) is 0 Å². The zero-order chi connectivity index (χ0) is 20.9. The number of carbonyl (C=O) groups excluding carboxylic acids is 1. The molecule has 1 fully saturated rings. The Morgan fingerprint density at radius 3 is 2.80 bits per heavy atom. The van der Waals surface area contributed by atoms with Crippen molar-refractivity contribution in [1.82, 2.24) is 14.8 Å². The normalized spacial score (nSPS) is 17.7. The second kappa shape index (κ2) is 9.24. The van der Waals surface area contributed by atoms with Gasteiger partial charge in [0.05, 0.1) is 17.7 Å². The van der Waals surface area contributed by atoms with Crippen LogP contribution < -0.4 is 4.74 Å². The Morgan fingerprint density at radius 2 is 2.03 bits per heavy atom. The number of ether oxygens (including phenoxy) is 1. The highest BCUT2D eigenvalue weighted by Crippen LogP contribution is 2.25. The van der Waals surface area contributed by atoms with Gasteiger partial charge in [-0.3, -0.25) is 14.7 Å². The van der Waals surface area contributed by atoms with Crippen LogP contribution in [0.15, 0.2) is 66.9 Å². The molecule has 156 valence electrons. The van der Waals surface area contributed by atoms with Gasteiger partial charge in [-0.15, -0.1) is 0 Å². The third-order valence-electron chi connectivity index (χ3n) is 5.68. The second-order valence-corrected chi connectivity index (χ2v) is 7.75. The van der Waals surface area contributed by atoms with Gasteiger partial charge in [0.1, 0.15) is 5.75 Å². The van der Waals surface area contributed by atoms with Gasteiger partial charge in [-0.2, -0.15) is 0 Å². The lowest BCUT2D eigenvalue weighted by Crippen LogP contribution is -2.40. The summed E-state index contributed by atoms with van der Waals surface area (Å²) in [5.41, 5.74) is 1.91. The fourth-order valence-corrected chi connectivity index (χ4v) is 3.97. The summed E-state index contributed by atoms with van der Waals surface area (Å²) in [6.07, 6.45) is 2.23. The lowest BCUT2D eigenvalue weighted by Gasteiger charge is -2.32. The van der Waals surface area contributed by atoms with Crippen LogP contribution in [0.1, 0.15) is 18.0 Å². The van der Waals surface area contributed by atoms with Crippen LogP contribution >= 0.6 is 0 Å². The van der Waals surface area contributed by atoms with E-state index in [-0.39, 0.29) is 24.7 Å². The van der Waals surface area contributed by atoms with E-state index in [0.717, 1.165) is 29.4 Å². The molecular weight excluding hydrogens is 378 g/mol. The summed E-state index contributed by atoms with van der Waals surface area (Å²) in [5.74, 6) is 0.561. The number of aliphatic hydroxyl groups excluding tert-OH is 1. The molecule has 1 amide bonds. The third-order valence-corrected chi connectivity index (χ3v) is 5.68. The van der Waals surface area contributed by atoms with Gasteiger partial charge in [0.15, 0.2) is 6.61 Å². The minimum absolute atomic E-state index is 0.0452. The maximum Gasteiger partial charge on any atom is 0.260 e. The number of pyridine rings is 1. The number of hydrogen-bond donors (Lipinski definition) is 1. The zero-order valence-corrected chi connectivity index (χ0v) is 17.1. The van der Waals surface area contributed by atoms with Crippen LogP contribution in [0.4, 0.5) is 0 Å². The van der Waals surface area contributed by atoms with Crippen LogP contribution in [0.3, 0.4) is 0 Å². The second-order valence-electron chi connectivity index (χ2n) is 7.75. The Morgan fingerprint density at radius 1 is 1.20 bits per heavy atom. The smallest absolute Gasteiger partial charge is 0.260 e. The van der Waals surface area contributed by atoms with E-state index in [1.165, 1.54) is 0 Å². The molecule has 0 radical (unpaired) electrons. The molecule has 0 bridgehead atoms. The average molecular weight is 405 g/mol. The molecule has 30 heavy (non-hydrogen) atoms. The number of carbonyl (C=O) groups is 1. The summed E-state index contributed by atoms with van der Waals surface area (Å²) in [4.78, 5) is 21.3. The molecule has 1 N–H and O–H groups in total. The monoisotopic (exact) mass is 405 g/mol. The Bertz CT molecular complexity index is 990. The van der Waals surface area contributed by atoms with Crippen molar-refractivity contribution >= 4 is 16.8 Å². The van der Waals surface area contributed by atoms with E-state index in [9.17, 15) is 9.90 Å². The van der Waals surface area contributed by atoms with Gasteiger partial charge in [0.25, 0.3) is 5.91 Å². The molecule has 1 aromatic heterocycles. The molecule has 1 unspecified atom stereocenters. The van der Waals surface area contributed by atoms with Gasteiger partial charge in [-0.1, -0.05) is 36.4 Å². The Kier molecular flexibility index (Phi) is 6.26. The molecule has 6 heteroatoms. The molecule has 4 rings (SSSR count). The Balaban J connectivity index is 1.47. The van der Waals surface area contributed by atoms with Crippen LogP contribution in [0.25, 0.3) is 10.9 Å². The first-order valence-electron chi connectivity index (χ1n) is 10.3. The molecule has 0 aliphatic carbocycles. The highest BCUT2D eigenvalue weighted by molar-refractivity contribution is 5.85. The fourth-order valence-electron chi connectivity index (χ4n) is 3.97. The Hall–Kier alpha value is -2.96. The quantitative estimate of drug-likeness (QED) is 0.655. The number of likely N-dealkylation sites (N-methyl/N-ethyl adjacent to an activating group) is 1. The van der Waals surface area contributed by atoms with Crippen molar-refractivity contribution in [2.45, 2.75) is 18.6 Å². The van der Waals surface area contributed by atoms with Gasteiger partial charge < -0.3 is 14.7 Å². The molecule has 0 spiro atoms. The standard InChI is InChI=1S/C24H27N3O3/c1-26(22(18-7-3-2-4-8-18)16-27-14-12-19(28)15-27)24(29)17-30-23-11-5-10-21-20(23)9-6-13-25-21/h2-11,13,19,22,28H,12,14-17H2,1H3/t19-,22?/m0/s1. The number of benzene rings is 2. The van der Waals surface area contributed by atoms with Crippen molar-refractivity contribution in [3.8, 4) is 5.75 Å². The third kappa shape index (κ3) is 4.61. The maximum atomic E-state index is 13.0. The SMILES string of the molecule is CN(C(=O)COc1cccc2ncccc12)C(CN1CC[C@H](O)C1)c1ccccc1. The van der Waals surface area contributed by atoms with Crippen LogP contribution in [-0.4, -0.2) is 65.2 Å². The van der Waals surface area contributed by atoms with Gasteiger partial charge in [0.2, 0.25) is 0 Å². The minimum atomic E-state index is -0.286. The summed E-state index contributed by atoms with van der Waals surface area (Å²) in [6, 6.07) is 19.4. The van der Waals surface area contributed by atoms with E-state index in [0.29, 0.717) is 18.8 Å². The molecular formula is C24H27N3O3. The van der Waals surface area contributed by atoms with E-state index in [4.69, 9.17) is 4.74 Å². The summed E-state index contributed by atoms with van der Waals surface area (Å²) in [7, 11) is 1.82. The highest BCUT2D eigenvalue weighted by atomic mass is 16.5. The highest BCUT2D eigenvalue weighted by Gasteiger charge is 2.28. The van der Waals surface area contributed by atoms with E-state index < -0.39 is 0 Å². The van der Waals surface area contributed by atoms with Crippen molar-refractivity contribution in [2.24, 2.45) is 0 Å². The number of β-amino-alcohol motifs (C(OH)–C–C–N with tert-alkyl or cyclic N) is 1. The van der Waals surface area contributed by atoms with Crippen molar-refractivity contribution in [3.05, 3.63) is 72.4 Å². The maximum absolute atomic E-state index is 13.0. The van der Waals surface area contributed by atoms with Gasteiger partial charge in [0, 0.05) is 38.3 Å². The van der Waals surface area contributed by atoms with Crippen molar-refractivity contribution in [2.75, 3.05) is 33.3 Å². The average Bonchev–Trinajstić information content (AvgIpc) is 3.20. The molecule has 1 aliphatic rings. The lowest BCUT2D eigenvalue weighted by molar-refractivity contribution is -0.134. The number of aliphatic hydroxyl groups is 1. The first-order valence-corrected chi connectivity index (χ1v) is 10.3. The molecule has 1 aliphatic heterocycles. The summed E-state index contributed by atoms with van der Waals surface area (Å²) < 4.78 is 5.89. The summed E-state index contributed by atoms with van der Waals surface area (Å²) >= 11 is 0. The molecule has 2 aromatic carbocycles. The molecule has 2 atom stereocenters. The number of amides is 1. The number of likely N-dealkylation sites (tertiary alicyclic amines) is 1. The van der Waals surface area contributed by atoms with Crippen LogP contribution in [0.2, 0.25) is 0 Å². The minimum Gasteiger partial charge on any atom is -0.483 e. The Labute approximate surface area is 176 Å². The topological polar surface area (TPSA) is 65.9 Å². The molecule has 2 heterocycles. The van der Waals surface area contributed by atoms with E-state index >= 15 is 0 Å². The van der Waals surface area contributed by atoms with Crippen LogP contribution in [0.5, 0.6) is 5.75 Å². The fraction of sp³-hybridized carbons (Fsp3) is 0.333. The first-order chi connectivity index (χ1) is 14.6. The largest absolute Gasteiger partial charge is 0.483 e. The van der Waals surface area contributed by atoms with Gasteiger partial charge >= 0.3 is 0 Å². The van der Waals surface area contributed by atoms with Gasteiger partial charge in [-0.05, 0) is 36.2 Å². The number of rotatable bonds is 7. The summed E-state index contributed by atoms with van der Waals surface area (Å²) in [6.45, 7) is 2.12. The number of fused-ring (bicyclic) bond motifs is 1.